The molecule has 0 aromatic heterocycles. The van der Waals surface area contributed by atoms with Crippen molar-refractivity contribution in [2.45, 2.75) is 71.9 Å². The number of piperidine rings is 1. The van der Waals surface area contributed by atoms with Crippen LogP contribution in [0.4, 0.5) is 0 Å². The van der Waals surface area contributed by atoms with Crippen molar-refractivity contribution in [3.8, 4) is 0 Å². The van der Waals surface area contributed by atoms with Crippen molar-refractivity contribution in [3.05, 3.63) is 0 Å². The second-order valence-electron chi connectivity index (χ2n) is 6.05. The molecule has 2 unspecified atom stereocenters. The zero-order chi connectivity index (χ0) is 12.0. The summed E-state index contributed by atoms with van der Waals surface area (Å²) in [6, 6.07) is 1.31. The molecule has 2 nitrogen and oxygen atoms in total. The number of hydrogen-bond acceptors (Lipinski definition) is 2. The van der Waals surface area contributed by atoms with E-state index in [9.17, 15) is 0 Å². The number of unbranched alkanes of at least 4 members (excludes halogenated alkanes) is 1. The first-order valence-corrected chi connectivity index (χ1v) is 7.03. The van der Waals surface area contributed by atoms with Crippen LogP contribution >= 0.6 is 0 Å². The predicted octanol–water partition coefficient (Wildman–Crippen LogP) is 2.93. The smallest absolute Gasteiger partial charge is 0.0243 e. The van der Waals surface area contributed by atoms with E-state index in [1.54, 1.807) is 0 Å². The average molecular weight is 226 g/mol. The molecule has 0 radical (unpaired) electrons. The van der Waals surface area contributed by atoms with Crippen LogP contribution in [-0.4, -0.2) is 25.2 Å². The van der Waals surface area contributed by atoms with E-state index in [4.69, 9.17) is 0 Å². The molecule has 2 heteroatoms. The van der Waals surface area contributed by atoms with Crippen LogP contribution in [0.5, 0.6) is 0 Å². The van der Waals surface area contributed by atoms with Gasteiger partial charge in [0.25, 0.3) is 0 Å². The molecule has 0 spiro atoms. The van der Waals surface area contributed by atoms with E-state index >= 15 is 0 Å². The first-order valence-electron chi connectivity index (χ1n) is 7.03. The van der Waals surface area contributed by atoms with Crippen LogP contribution in [0.1, 0.15) is 59.8 Å². The van der Waals surface area contributed by atoms with E-state index in [2.05, 4.69) is 38.3 Å². The minimum atomic E-state index is 0.454. The van der Waals surface area contributed by atoms with Crippen LogP contribution in [0, 0.1) is 5.41 Å². The first-order chi connectivity index (χ1) is 7.56. The molecule has 1 saturated heterocycles. The molecule has 1 rings (SSSR count). The van der Waals surface area contributed by atoms with Crippen LogP contribution in [-0.2, 0) is 0 Å². The van der Waals surface area contributed by atoms with Gasteiger partial charge in [0.1, 0.15) is 0 Å². The Morgan fingerprint density at radius 3 is 2.81 bits per heavy atom. The topological polar surface area (TPSA) is 24.1 Å². The first kappa shape index (κ1) is 14.0. The minimum absolute atomic E-state index is 0.454. The molecule has 2 atom stereocenters. The SMILES string of the molecule is CCCCC(C)NCC1NCCCC1(C)C. The third-order valence-electron chi connectivity index (χ3n) is 3.99. The zero-order valence-electron chi connectivity index (χ0n) is 11.6. The van der Waals surface area contributed by atoms with Gasteiger partial charge in [-0.15, -0.1) is 0 Å². The van der Waals surface area contributed by atoms with E-state index in [-0.39, 0.29) is 0 Å². The van der Waals surface area contributed by atoms with Crippen LogP contribution < -0.4 is 10.6 Å². The summed E-state index contributed by atoms with van der Waals surface area (Å²) in [6.45, 7) is 11.7. The lowest BCUT2D eigenvalue weighted by molar-refractivity contribution is 0.173. The normalized spacial score (nSPS) is 26.6. The molecule has 16 heavy (non-hydrogen) atoms. The Morgan fingerprint density at radius 1 is 1.44 bits per heavy atom. The van der Waals surface area contributed by atoms with Gasteiger partial charge in [-0.3, -0.25) is 0 Å². The summed E-state index contributed by atoms with van der Waals surface area (Å²) in [6.07, 6.45) is 6.64. The predicted molar refractivity (Wildman–Crippen MR) is 71.8 cm³/mol. The largest absolute Gasteiger partial charge is 0.313 e. The molecule has 2 N–H and O–H groups in total. The highest BCUT2D eigenvalue weighted by atomic mass is 15.0. The van der Waals surface area contributed by atoms with Gasteiger partial charge < -0.3 is 10.6 Å². The van der Waals surface area contributed by atoms with Gasteiger partial charge in [0.05, 0.1) is 0 Å². The van der Waals surface area contributed by atoms with Gasteiger partial charge in [-0.25, -0.2) is 0 Å². The van der Waals surface area contributed by atoms with Crippen LogP contribution in [0.15, 0.2) is 0 Å². The van der Waals surface area contributed by atoms with Gasteiger partial charge in [-0.2, -0.15) is 0 Å². The standard InChI is InChI=1S/C14H30N2/c1-5-6-8-12(2)16-11-13-14(3,4)9-7-10-15-13/h12-13,15-16H,5-11H2,1-4H3. The maximum absolute atomic E-state index is 3.68. The van der Waals surface area contributed by atoms with Gasteiger partial charge >= 0.3 is 0 Å². The third kappa shape index (κ3) is 4.42. The van der Waals surface area contributed by atoms with E-state index in [1.165, 1.54) is 38.6 Å². The lowest BCUT2D eigenvalue weighted by Gasteiger charge is -2.40. The van der Waals surface area contributed by atoms with Crippen molar-refractivity contribution in [3.63, 3.8) is 0 Å². The maximum atomic E-state index is 3.68. The quantitative estimate of drug-likeness (QED) is 0.727. The molecule has 1 heterocycles. The second-order valence-corrected chi connectivity index (χ2v) is 6.05. The van der Waals surface area contributed by atoms with Crippen molar-refractivity contribution < 1.29 is 0 Å². The van der Waals surface area contributed by atoms with Crippen LogP contribution in [0.3, 0.4) is 0 Å². The summed E-state index contributed by atoms with van der Waals surface area (Å²) in [4.78, 5) is 0. The molecule has 0 aliphatic carbocycles. The van der Waals surface area contributed by atoms with Crippen LogP contribution in [0.25, 0.3) is 0 Å². The number of hydrogen-bond donors (Lipinski definition) is 2. The van der Waals surface area contributed by atoms with Gasteiger partial charge in [-0.05, 0) is 38.1 Å². The van der Waals surface area contributed by atoms with Crippen molar-refractivity contribution in [1.29, 1.82) is 0 Å². The van der Waals surface area contributed by atoms with Gasteiger partial charge in [0, 0.05) is 18.6 Å². The molecule has 1 aliphatic rings. The molecule has 96 valence electrons. The summed E-state index contributed by atoms with van der Waals surface area (Å²) in [5.41, 5.74) is 0.454. The van der Waals surface area contributed by atoms with Crippen molar-refractivity contribution in [2.75, 3.05) is 13.1 Å². The molecule has 1 aliphatic heterocycles. The van der Waals surface area contributed by atoms with Gasteiger partial charge in [-0.1, -0.05) is 33.6 Å². The molecular formula is C14H30N2. The maximum Gasteiger partial charge on any atom is 0.0243 e. The van der Waals surface area contributed by atoms with Crippen molar-refractivity contribution >= 4 is 0 Å². The summed E-state index contributed by atoms with van der Waals surface area (Å²) in [5, 5.41) is 7.34. The highest BCUT2D eigenvalue weighted by Gasteiger charge is 2.31. The monoisotopic (exact) mass is 226 g/mol. The minimum Gasteiger partial charge on any atom is -0.313 e. The summed E-state index contributed by atoms with van der Waals surface area (Å²) < 4.78 is 0. The Hall–Kier alpha value is -0.0800. The average Bonchev–Trinajstić information content (AvgIpc) is 2.24. The molecule has 0 bridgehead atoms. The Bertz CT molecular complexity index is 189. The highest BCUT2D eigenvalue weighted by Crippen LogP contribution is 2.29. The number of rotatable bonds is 6. The van der Waals surface area contributed by atoms with E-state index in [0.717, 1.165) is 6.54 Å². The van der Waals surface area contributed by atoms with Gasteiger partial charge in [0.15, 0.2) is 0 Å². The Kier molecular flexibility index (Phi) is 5.77. The fourth-order valence-corrected chi connectivity index (χ4v) is 2.55. The molecule has 0 saturated carbocycles. The Labute approximate surface area is 102 Å². The molecule has 1 fully saturated rings. The number of nitrogens with one attached hydrogen (secondary N) is 2. The fourth-order valence-electron chi connectivity index (χ4n) is 2.55. The Morgan fingerprint density at radius 2 is 2.19 bits per heavy atom. The highest BCUT2D eigenvalue weighted by molar-refractivity contribution is 4.89. The van der Waals surface area contributed by atoms with Crippen LogP contribution in [0.2, 0.25) is 0 Å². The lowest BCUT2D eigenvalue weighted by atomic mass is 9.77. The van der Waals surface area contributed by atoms with Crippen molar-refractivity contribution in [1.82, 2.24) is 10.6 Å². The molecule has 0 aromatic carbocycles. The summed E-state index contributed by atoms with van der Waals surface area (Å²) in [7, 11) is 0. The van der Waals surface area contributed by atoms with E-state index in [0.29, 0.717) is 17.5 Å². The van der Waals surface area contributed by atoms with Crippen molar-refractivity contribution in [2.24, 2.45) is 5.41 Å². The molecule has 0 aromatic rings. The fraction of sp³-hybridized carbons (Fsp3) is 1.00. The summed E-state index contributed by atoms with van der Waals surface area (Å²) >= 11 is 0. The molecular weight excluding hydrogens is 196 g/mol. The molecule has 0 amide bonds. The third-order valence-corrected chi connectivity index (χ3v) is 3.99. The summed E-state index contributed by atoms with van der Waals surface area (Å²) in [5.74, 6) is 0. The van der Waals surface area contributed by atoms with E-state index < -0.39 is 0 Å². The lowest BCUT2D eigenvalue weighted by Crippen LogP contribution is -2.53. The Balaban J connectivity index is 2.25. The van der Waals surface area contributed by atoms with Gasteiger partial charge in [0.2, 0.25) is 0 Å². The van der Waals surface area contributed by atoms with E-state index in [1.807, 2.05) is 0 Å². The second kappa shape index (κ2) is 6.61. The zero-order valence-corrected chi connectivity index (χ0v) is 11.6.